The van der Waals surface area contributed by atoms with Gasteiger partial charge in [0.15, 0.2) is 5.76 Å². The molecule has 1 amide bonds. The number of methoxy groups -OCH3 is 1. The fourth-order valence-corrected chi connectivity index (χ4v) is 1.95. The summed E-state index contributed by atoms with van der Waals surface area (Å²) in [7, 11) is 1.48. The number of hydrogen-bond acceptors (Lipinski definition) is 6. The van der Waals surface area contributed by atoms with Crippen LogP contribution in [0.2, 0.25) is 0 Å². The van der Waals surface area contributed by atoms with Gasteiger partial charge in [-0.2, -0.15) is 0 Å². The van der Waals surface area contributed by atoms with Gasteiger partial charge in [0.2, 0.25) is 0 Å². The first-order valence-corrected chi connectivity index (χ1v) is 7.07. The zero-order chi connectivity index (χ0) is 17.9. The van der Waals surface area contributed by atoms with E-state index in [4.69, 9.17) is 14.0 Å². The first-order valence-electron chi connectivity index (χ1n) is 7.07. The van der Waals surface area contributed by atoms with Crippen LogP contribution >= 0.6 is 0 Å². The third kappa shape index (κ3) is 4.03. The third-order valence-electron chi connectivity index (χ3n) is 2.91. The molecule has 0 aliphatic rings. The first kappa shape index (κ1) is 17.3. The molecule has 128 valence electrons. The number of carbonyl (C=O) groups excluding carboxylic acids is 1. The Bertz CT molecular complexity index is 760. The molecule has 0 spiro atoms. The lowest BCUT2D eigenvalue weighted by Crippen LogP contribution is -2.27. The summed E-state index contributed by atoms with van der Waals surface area (Å²) in [4.78, 5) is 23.3. The van der Waals surface area contributed by atoms with Gasteiger partial charge in [0, 0.05) is 11.6 Å². The molecule has 0 bridgehead atoms. The lowest BCUT2D eigenvalue weighted by molar-refractivity contribution is 0.0634. The monoisotopic (exact) mass is 334 g/mol. The summed E-state index contributed by atoms with van der Waals surface area (Å²) in [6, 6.07) is 4.72. The Morgan fingerprint density at radius 3 is 2.58 bits per heavy atom. The molecule has 2 rings (SSSR count). The molecular weight excluding hydrogens is 316 g/mol. The van der Waals surface area contributed by atoms with Crippen molar-refractivity contribution in [1.82, 2.24) is 5.16 Å². The van der Waals surface area contributed by atoms with Crippen LogP contribution in [0.15, 0.2) is 28.9 Å². The van der Waals surface area contributed by atoms with E-state index in [2.05, 4.69) is 10.5 Å². The number of nitrogens with one attached hydrogen (secondary N) is 1. The second-order valence-electron chi connectivity index (χ2n) is 5.91. The van der Waals surface area contributed by atoms with Crippen molar-refractivity contribution in [3.63, 3.8) is 0 Å². The molecule has 8 heteroatoms. The zero-order valence-corrected chi connectivity index (χ0v) is 13.7. The molecule has 0 unspecified atom stereocenters. The van der Waals surface area contributed by atoms with Crippen LogP contribution in [0.25, 0.3) is 11.3 Å². The number of ether oxygens (including phenoxy) is 2. The lowest BCUT2D eigenvalue weighted by atomic mass is 10.1. The Balaban J connectivity index is 2.43. The first-order chi connectivity index (χ1) is 11.2. The summed E-state index contributed by atoms with van der Waals surface area (Å²) >= 11 is 0. The average Bonchev–Trinajstić information content (AvgIpc) is 2.94. The highest BCUT2D eigenvalue weighted by molar-refractivity contribution is 5.98. The lowest BCUT2D eigenvalue weighted by Gasteiger charge is -2.20. The molecule has 1 aromatic carbocycles. The molecule has 2 N–H and O–H groups in total. The fraction of sp³-hybridized carbons (Fsp3) is 0.312. The summed E-state index contributed by atoms with van der Waals surface area (Å²) < 4.78 is 15.4. The van der Waals surface area contributed by atoms with Crippen LogP contribution in [-0.4, -0.2) is 35.0 Å². The van der Waals surface area contributed by atoms with E-state index in [9.17, 15) is 14.7 Å². The molecule has 1 aromatic heterocycles. The summed E-state index contributed by atoms with van der Waals surface area (Å²) in [6.45, 7) is 5.20. The number of aromatic nitrogens is 1. The van der Waals surface area contributed by atoms with E-state index in [0.717, 1.165) is 6.20 Å². The maximum atomic E-state index is 12.0. The van der Waals surface area contributed by atoms with Crippen LogP contribution in [0.3, 0.4) is 0 Å². The van der Waals surface area contributed by atoms with E-state index in [1.54, 1.807) is 32.9 Å². The number of benzene rings is 1. The van der Waals surface area contributed by atoms with Crippen LogP contribution in [-0.2, 0) is 4.74 Å². The van der Waals surface area contributed by atoms with Gasteiger partial charge < -0.3 is 19.1 Å². The van der Waals surface area contributed by atoms with E-state index in [1.165, 1.54) is 13.2 Å². The van der Waals surface area contributed by atoms with E-state index >= 15 is 0 Å². The number of hydrogen-bond donors (Lipinski definition) is 2. The molecule has 1 heterocycles. The fourth-order valence-electron chi connectivity index (χ4n) is 1.95. The molecule has 0 aliphatic heterocycles. The van der Waals surface area contributed by atoms with Crippen molar-refractivity contribution in [3.05, 3.63) is 30.0 Å². The summed E-state index contributed by atoms with van der Waals surface area (Å²) in [5, 5.41) is 15.3. The second kappa shape index (κ2) is 6.61. The Morgan fingerprint density at radius 2 is 2.00 bits per heavy atom. The van der Waals surface area contributed by atoms with E-state index in [0.29, 0.717) is 11.3 Å². The standard InChI is InChI=1S/C16H18N2O6/c1-16(2,3)23-15(21)18-12-7-9(22-4)5-6-10(12)13-11(14(19)20)8-17-24-13/h5-8H,1-4H3,(H,18,21)(H,19,20). The normalized spacial score (nSPS) is 11.0. The van der Waals surface area contributed by atoms with Gasteiger partial charge in [-0.05, 0) is 32.9 Å². The summed E-state index contributed by atoms with van der Waals surface area (Å²) in [6.07, 6.45) is 0.410. The molecule has 0 fully saturated rings. The number of amides is 1. The highest BCUT2D eigenvalue weighted by Gasteiger charge is 2.22. The van der Waals surface area contributed by atoms with Crippen molar-refractivity contribution in [2.24, 2.45) is 0 Å². The minimum absolute atomic E-state index is 0.0243. The number of anilines is 1. The highest BCUT2D eigenvalue weighted by atomic mass is 16.6. The van der Waals surface area contributed by atoms with Crippen LogP contribution < -0.4 is 10.1 Å². The maximum Gasteiger partial charge on any atom is 0.412 e. The van der Waals surface area contributed by atoms with Crippen LogP contribution in [0.5, 0.6) is 5.75 Å². The topological polar surface area (TPSA) is 111 Å². The molecular formula is C16H18N2O6. The molecule has 0 radical (unpaired) electrons. The van der Waals surface area contributed by atoms with Crippen molar-refractivity contribution in [2.45, 2.75) is 26.4 Å². The van der Waals surface area contributed by atoms with Crippen LogP contribution in [0, 0.1) is 0 Å². The molecule has 2 aromatic rings. The molecule has 0 aliphatic carbocycles. The molecule has 0 saturated carbocycles. The molecule has 0 atom stereocenters. The Labute approximate surface area is 138 Å². The number of nitrogens with zero attached hydrogens (tertiary/aromatic N) is 1. The zero-order valence-electron chi connectivity index (χ0n) is 13.7. The summed E-state index contributed by atoms with van der Waals surface area (Å²) in [5.41, 5.74) is -0.173. The summed E-state index contributed by atoms with van der Waals surface area (Å²) in [5.74, 6) is -0.692. The van der Waals surface area contributed by atoms with Gasteiger partial charge in [-0.25, -0.2) is 9.59 Å². The van der Waals surface area contributed by atoms with E-state index in [1.807, 2.05) is 0 Å². The predicted molar refractivity (Wildman–Crippen MR) is 85.3 cm³/mol. The van der Waals surface area contributed by atoms with Gasteiger partial charge in [-0.15, -0.1) is 0 Å². The molecule has 24 heavy (non-hydrogen) atoms. The van der Waals surface area contributed by atoms with Crippen molar-refractivity contribution in [2.75, 3.05) is 12.4 Å². The van der Waals surface area contributed by atoms with Crippen molar-refractivity contribution in [3.8, 4) is 17.1 Å². The second-order valence-corrected chi connectivity index (χ2v) is 5.91. The van der Waals surface area contributed by atoms with Gasteiger partial charge in [-0.3, -0.25) is 5.32 Å². The average molecular weight is 334 g/mol. The van der Waals surface area contributed by atoms with Crippen LogP contribution in [0.1, 0.15) is 31.1 Å². The predicted octanol–water partition coefficient (Wildman–Crippen LogP) is 3.40. The smallest absolute Gasteiger partial charge is 0.412 e. The van der Waals surface area contributed by atoms with Gasteiger partial charge in [0.25, 0.3) is 0 Å². The van der Waals surface area contributed by atoms with Gasteiger partial charge in [-0.1, -0.05) is 5.16 Å². The minimum Gasteiger partial charge on any atom is -0.497 e. The maximum absolute atomic E-state index is 12.0. The molecule has 0 saturated heterocycles. The quantitative estimate of drug-likeness (QED) is 0.881. The third-order valence-corrected chi connectivity index (χ3v) is 2.91. The molecule has 8 nitrogen and oxygen atoms in total. The SMILES string of the molecule is COc1ccc(-c2oncc2C(=O)O)c(NC(=O)OC(C)(C)C)c1. The number of aromatic carboxylic acids is 1. The number of carboxylic acid groups (broad SMARTS) is 1. The number of carboxylic acids is 1. The van der Waals surface area contributed by atoms with E-state index in [-0.39, 0.29) is 17.0 Å². The number of carbonyl (C=O) groups is 2. The van der Waals surface area contributed by atoms with Crippen molar-refractivity contribution >= 4 is 17.7 Å². The van der Waals surface area contributed by atoms with Gasteiger partial charge in [0.1, 0.15) is 16.9 Å². The Hall–Kier alpha value is -3.03. The van der Waals surface area contributed by atoms with Gasteiger partial charge >= 0.3 is 12.1 Å². The Morgan fingerprint density at radius 1 is 1.29 bits per heavy atom. The largest absolute Gasteiger partial charge is 0.497 e. The van der Waals surface area contributed by atoms with Crippen molar-refractivity contribution < 1.29 is 28.7 Å². The van der Waals surface area contributed by atoms with Crippen LogP contribution in [0.4, 0.5) is 10.5 Å². The number of rotatable bonds is 4. The van der Waals surface area contributed by atoms with Crippen molar-refractivity contribution in [1.29, 1.82) is 0 Å². The highest BCUT2D eigenvalue weighted by Crippen LogP contribution is 2.34. The van der Waals surface area contributed by atoms with E-state index < -0.39 is 17.7 Å². The van der Waals surface area contributed by atoms with Gasteiger partial charge in [0.05, 0.1) is 19.0 Å². The Kier molecular flexibility index (Phi) is 4.77. The minimum atomic E-state index is -1.19.